The molecule has 1 heterocycles. The summed E-state index contributed by atoms with van der Waals surface area (Å²) in [7, 11) is -3.30. The number of hydrogen-bond acceptors (Lipinski definition) is 5. The maximum absolute atomic E-state index is 11.4. The highest BCUT2D eigenvalue weighted by Gasteiger charge is 2.15. The first kappa shape index (κ1) is 15.4. The van der Waals surface area contributed by atoms with Gasteiger partial charge in [0.05, 0.1) is 0 Å². The monoisotopic (exact) mass is 286 g/mol. The Bertz CT molecular complexity index is 544. The molecule has 19 heavy (non-hydrogen) atoms. The first-order valence-corrected chi connectivity index (χ1v) is 7.59. The molecule has 0 aliphatic heterocycles. The van der Waals surface area contributed by atoms with E-state index in [9.17, 15) is 13.2 Å². The van der Waals surface area contributed by atoms with Crippen LogP contribution >= 0.6 is 0 Å². The van der Waals surface area contributed by atoms with E-state index in [0.29, 0.717) is 5.56 Å². The third-order valence-corrected chi connectivity index (χ3v) is 3.01. The number of carbonyl (C=O) groups is 1. The number of nitrogens with zero attached hydrogens (tertiary/aromatic N) is 1. The second-order valence-corrected chi connectivity index (χ2v) is 7.09. The van der Waals surface area contributed by atoms with Gasteiger partial charge in [-0.3, -0.25) is 0 Å². The van der Waals surface area contributed by atoms with Crippen LogP contribution in [-0.2, 0) is 21.1 Å². The highest BCUT2D eigenvalue weighted by Crippen LogP contribution is 2.08. The molecular weight excluding hydrogens is 268 g/mol. The zero-order valence-electron chi connectivity index (χ0n) is 11.4. The number of carbonyl (C=O) groups excluding carboxylic acids is 1. The fourth-order valence-corrected chi connectivity index (χ4v) is 1.78. The summed E-state index contributed by atoms with van der Waals surface area (Å²) in [6, 6.07) is 3.00. The lowest BCUT2D eigenvalue weighted by Gasteiger charge is -2.19. The van der Waals surface area contributed by atoms with Crippen LogP contribution in [0, 0.1) is 0 Å². The molecule has 0 spiro atoms. The summed E-state index contributed by atoms with van der Waals surface area (Å²) in [5.41, 5.74) is 0.140. The van der Waals surface area contributed by atoms with Gasteiger partial charge in [0, 0.05) is 19.0 Å². The van der Waals surface area contributed by atoms with Crippen molar-refractivity contribution in [2.24, 2.45) is 0 Å². The summed E-state index contributed by atoms with van der Waals surface area (Å²) in [4.78, 5) is 15.2. The van der Waals surface area contributed by atoms with Gasteiger partial charge in [0.1, 0.15) is 5.60 Å². The smallest absolute Gasteiger partial charge is 0.407 e. The largest absolute Gasteiger partial charge is 0.444 e. The molecule has 6 nitrogen and oxygen atoms in total. The molecule has 106 valence electrons. The number of alkyl carbamates (subject to hydrolysis) is 1. The quantitative estimate of drug-likeness (QED) is 0.910. The standard InChI is InChI=1S/C12H18N2O4S/c1-12(2,3)18-11(15)14-8-9-5-6-10(13-7-9)19(4,16)17/h5-7H,8H2,1-4H3,(H,14,15). The van der Waals surface area contributed by atoms with Crippen LogP contribution in [0.25, 0.3) is 0 Å². The van der Waals surface area contributed by atoms with Gasteiger partial charge in [-0.05, 0) is 32.4 Å². The van der Waals surface area contributed by atoms with Gasteiger partial charge >= 0.3 is 6.09 Å². The average molecular weight is 286 g/mol. The van der Waals surface area contributed by atoms with Crippen LogP contribution in [-0.4, -0.2) is 31.4 Å². The molecule has 0 unspecified atom stereocenters. The van der Waals surface area contributed by atoms with E-state index in [0.717, 1.165) is 6.26 Å². The van der Waals surface area contributed by atoms with Gasteiger partial charge in [-0.1, -0.05) is 6.07 Å². The highest BCUT2D eigenvalue weighted by atomic mass is 32.2. The lowest BCUT2D eigenvalue weighted by Crippen LogP contribution is -2.32. The van der Waals surface area contributed by atoms with Crippen LogP contribution in [0.5, 0.6) is 0 Å². The van der Waals surface area contributed by atoms with Gasteiger partial charge < -0.3 is 10.1 Å². The summed E-state index contributed by atoms with van der Waals surface area (Å²) in [5.74, 6) is 0. The lowest BCUT2D eigenvalue weighted by molar-refractivity contribution is 0.0523. The predicted octanol–water partition coefficient (Wildman–Crippen LogP) is 1.51. The van der Waals surface area contributed by atoms with Crippen molar-refractivity contribution in [3.05, 3.63) is 23.9 Å². The van der Waals surface area contributed by atoms with Gasteiger partial charge in [0.2, 0.25) is 0 Å². The second-order valence-electron chi connectivity index (χ2n) is 5.13. The van der Waals surface area contributed by atoms with E-state index >= 15 is 0 Å². The number of ether oxygens (including phenoxy) is 1. The SMILES string of the molecule is CC(C)(C)OC(=O)NCc1ccc(S(C)(=O)=O)nc1. The molecule has 1 N–H and O–H groups in total. The van der Waals surface area contributed by atoms with Crippen molar-refractivity contribution in [2.75, 3.05) is 6.26 Å². The fraction of sp³-hybridized carbons (Fsp3) is 0.500. The molecular formula is C12H18N2O4S. The van der Waals surface area contributed by atoms with E-state index in [1.54, 1.807) is 26.8 Å². The van der Waals surface area contributed by atoms with Gasteiger partial charge in [-0.2, -0.15) is 0 Å². The Kier molecular flexibility index (Phi) is 4.52. The van der Waals surface area contributed by atoms with Crippen molar-refractivity contribution in [3.8, 4) is 0 Å². The average Bonchev–Trinajstić information content (AvgIpc) is 2.23. The molecule has 0 atom stereocenters. The summed E-state index contributed by atoms with van der Waals surface area (Å²) < 4.78 is 27.5. The third kappa shape index (κ3) is 5.69. The molecule has 7 heteroatoms. The normalized spacial score (nSPS) is 12.0. The van der Waals surface area contributed by atoms with Gasteiger partial charge in [-0.25, -0.2) is 18.2 Å². The Balaban J connectivity index is 2.58. The highest BCUT2D eigenvalue weighted by molar-refractivity contribution is 7.90. The van der Waals surface area contributed by atoms with E-state index in [1.807, 2.05) is 0 Å². The third-order valence-electron chi connectivity index (χ3n) is 2.01. The topological polar surface area (TPSA) is 85.4 Å². The molecule has 1 aromatic rings. The lowest BCUT2D eigenvalue weighted by atomic mass is 10.2. The molecule has 0 fully saturated rings. The van der Waals surface area contributed by atoms with Crippen molar-refractivity contribution >= 4 is 15.9 Å². The minimum absolute atomic E-state index is 0.00789. The molecule has 0 saturated carbocycles. The van der Waals surface area contributed by atoms with E-state index in [-0.39, 0.29) is 11.6 Å². The van der Waals surface area contributed by atoms with Crippen molar-refractivity contribution in [2.45, 2.75) is 37.9 Å². The van der Waals surface area contributed by atoms with Crippen LogP contribution in [0.3, 0.4) is 0 Å². The van der Waals surface area contributed by atoms with Crippen molar-refractivity contribution < 1.29 is 17.9 Å². The Labute approximate surface area is 113 Å². The molecule has 0 aromatic carbocycles. The molecule has 1 amide bonds. The Morgan fingerprint density at radius 2 is 2.00 bits per heavy atom. The first-order chi connectivity index (χ1) is 8.58. The molecule has 0 radical (unpaired) electrons. The molecule has 1 aromatic heterocycles. The Hall–Kier alpha value is -1.63. The van der Waals surface area contributed by atoms with E-state index in [2.05, 4.69) is 10.3 Å². The van der Waals surface area contributed by atoms with Gasteiger partial charge in [-0.15, -0.1) is 0 Å². The van der Waals surface area contributed by atoms with E-state index in [1.165, 1.54) is 12.3 Å². The van der Waals surface area contributed by atoms with Crippen LogP contribution in [0.4, 0.5) is 4.79 Å². The number of rotatable bonds is 3. The minimum Gasteiger partial charge on any atom is -0.444 e. The molecule has 0 aliphatic rings. The van der Waals surface area contributed by atoms with Crippen LogP contribution in [0.2, 0.25) is 0 Å². The molecule has 1 rings (SSSR count). The Morgan fingerprint density at radius 1 is 1.37 bits per heavy atom. The van der Waals surface area contributed by atoms with Crippen LogP contribution in [0.1, 0.15) is 26.3 Å². The van der Waals surface area contributed by atoms with Crippen LogP contribution in [0.15, 0.2) is 23.4 Å². The number of amides is 1. The zero-order chi connectivity index (χ0) is 14.7. The number of sulfone groups is 1. The summed E-state index contributed by atoms with van der Waals surface area (Å²) in [5, 5.41) is 2.57. The van der Waals surface area contributed by atoms with Crippen molar-refractivity contribution in [1.82, 2.24) is 10.3 Å². The molecule has 0 bridgehead atoms. The Morgan fingerprint density at radius 3 is 2.42 bits per heavy atom. The first-order valence-electron chi connectivity index (χ1n) is 5.70. The van der Waals surface area contributed by atoms with Crippen molar-refractivity contribution in [3.63, 3.8) is 0 Å². The van der Waals surface area contributed by atoms with E-state index in [4.69, 9.17) is 4.74 Å². The number of pyridine rings is 1. The maximum atomic E-state index is 11.4. The number of aromatic nitrogens is 1. The number of hydrogen-bond donors (Lipinski definition) is 1. The second kappa shape index (κ2) is 5.56. The summed E-state index contributed by atoms with van der Waals surface area (Å²) >= 11 is 0. The van der Waals surface area contributed by atoms with Gasteiger partial charge in [0.15, 0.2) is 14.9 Å². The number of nitrogens with one attached hydrogen (secondary N) is 1. The van der Waals surface area contributed by atoms with Gasteiger partial charge in [0.25, 0.3) is 0 Å². The maximum Gasteiger partial charge on any atom is 0.407 e. The predicted molar refractivity (Wildman–Crippen MR) is 70.4 cm³/mol. The minimum atomic E-state index is -3.30. The fourth-order valence-electron chi connectivity index (χ4n) is 1.22. The zero-order valence-corrected chi connectivity index (χ0v) is 12.2. The van der Waals surface area contributed by atoms with Crippen LogP contribution < -0.4 is 5.32 Å². The van der Waals surface area contributed by atoms with E-state index < -0.39 is 21.5 Å². The summed E-state index contributed by atoms with van der Waals surface area (Å²) in [6.45, 7) is 5.55. The summed E-state index contributed by atoms with van der Waals surface area (Å²) in [6.07, 6.45) is 1.97. The molecule has 0 saturated heterocycles. The van der Waals surface area contributed by atoms with Crippen molar-refractivity contribution in [1.29, 1.82) is 0 Å². The molecule has 0 aliphatic carbocycles.